The zero-order valence-electron chi connectivity index (χ0n) is 12.5. The maximum absolute atomic E-state index is 6.20. The standard InChI is InChI=1S/C16H26N2O/c1-11-8-12(2)10-14(9-11)19-16-15(13(3)17-4)6-5-7-18-16/h5-7,11-14,17H,8-10H2,1-4H3. The van der Waals surface area contributed by atoms with Crippen LogP contribution in [-0.2, 0) is 0 Å². The van der Waals surface area contributed by atoms with Crippen LogP contribution in [0.25, 0.3) is 0 Å². The van der Waals surface area contributed by atoms with Crippen LogP contribution in [0.3, 0.4) is 0 Å². The number of hydrogen-bond acceptors (Lipinski definition) is 3. The van der Waals surface area contributed by atoms with Crippen LogP contribution >= 0.6 is 0 Å². The van der Waals surface area contributed by atoms with Gasteiger partial charge in [0.05, 0.1) is 0 Å². The molecule has 3 atom stereocenters. The van der Waals surface area contributed by atoms with E-state index in [1.54, 1.807) is 0 Å². The normalized spacial score (nSPS) is 28.9. The van der Waals surface area contributed by atoms with E-state index >= 15 is 0 Å². The highest BCUT2D eigenvalue weighted by Gasteiger charge is 2.26. The van der Waals surface area contributed by atoms with Crippen molar-refractivity contribution in [2.24, 2.45) is 11.8 Å². The molecule has 0 amide bonds. The molecule has 0 spiro atoms. The first kappa shape index (κ1) is 14.3. The molecular weight excluding hydrogens is 236 g/mol. The number of hydrogen-bond donors (Lipinski definition) is 1. The fourth-order valence-corrected chi connectivity index (χ4v) is 3.11. The zero-order chi connectivity index (χ0) is 13.8. The van der Waals surface area contributed by atoms with Crippen LogP contribution in [0.4, 0.5) is 0 Å². The van der Waals surface area contributed by atoms with Crippen molar-refractivity contribution in [1.29, 1.82) is 0 Å². The Hall–Kier alpha value is -1.09. The van der Waals surface area contributed by atoms with Gasteiger partial charge in [-0.05, 0) is 51.1 Å². The average molecular weight is 262 g/mol. The summed E-state index contributed by atoms with van der Waals surface area (Å²) >= 11 is 0. The van der Waals surface area contributed by atoms with Crippen LogP contribution in [-0.4, -0.2) is 18.1 Å². The predicted molar refractivity (Wildman–Crippen MR) is 78.3 cm³/mol. The van der Waals surface area contributed by atoms with Crippen molar-refractivity contribution in [1.82, 2.24) is 10.3 Å². The van der Waals surface area contributed by atoms with Crippen molar-refractivity contribution in [3.05, 3.63) is 23.9 Å². The fraction of sp³-hybridized carbons (Fsp3) is 0.688. The van der Waals surface area contributed by atoms with Gasteiger partial charge in [-0.25, -0.2) is 4.98 Å². The summed E-state index contributed by atoms with van der Waals surface area (Å²) in [6.07, 6.45) is 5.75. The van der Waals surface area contributed by atoms with E-state index in [4.69, 9.17) is 4.74 Å². The summed E-state index contributed by atoms with van der Waals surface area (Å²) in [4.78, 5) is 4.43. The zero-order valence-corrected chi connectivity index (χ0v) is 12.5. The minimum absolute atomic E-state index is 0.266. The van der Waals surface area contributed by atoms with Crippen LogP contribution in [0.5, 0.6) is 5.88 Å². The summed E-state index contributed by atoms with van der Waals surface area (Å²) in [5.41, 5.74) is 1.15. The molecule has 3 unspecified atom stereocenters. The molecule has 0 aromatic carbocycles. The minimum atomic E-state index is 0.266. The molecule has 3 heteroatoms. The lowest BCUT2D eigenvalue weighted by Gasteiger charge is -2.32. The summed E-state index contributed by atoms with van der Waals surface area (Å²) in [7, 11) is 1.96. The van der Waals surface area contributed by atoms with Crippen molar-refractivity contribution in [3.63, 3.8) is 0 Å². The highest BCUT2D eigenvalue weighted by atomic mass is 16.5. The maximum atomic E-state index is 6.20. The van der Waals surface area contributed by atoms with Gasteiger partial charge in [-0.3, -0.25) is 0 Å². The molecule has 106 valence electrons. The van der Waals surface area contributed by atoms with Crippen LogP contribution < -0.4 is 10.1 Å². The summed E-state index contributed by atoms with van der Waals surface area (Å²) in [5, 5.41) is 3.26. The molecule has 0 saturated heterocycles. The molecule has 1 aromatic rings. The second-order valence-corrected chi connectivity index (χ2v) is 6.07. The molecule has 0 bridgehead atoms. The molecule has 1 aliphatic rings. The molecule has 1 aliphatic carbocycles. The van der Waals surface area contributed by atoms with Crippen LogP contribution in [0.15, 0.2) is 18.3 Å². The summed E-state index contributed by atoms with van der Waals surface area (Å²) < 4.78 is 6.20. The average Bonchev–Trinajstić information content (AvgIpc) is 2.37. The quantitative estimate of drug-likeness (QED) is 0.900. The second kappa shape index (κ2) is 6.38. The van der Waals surface area contributed by atoms with Crippen LogP contribution in [0.1, 0.15) is 51.6 Å². The largest absolute Gasteiger partial charge is 0.474 e. The van der Waals surface area contributed by atoms with Crippen molar-refractivity contribution in [2.75, 3.05) is 7.05 Å². The molecule has 1 fully saturated rings. The van der Waals surface area contributed by atoms with Gasteiger partial charge in [-0.1, -0.05) is 19.9 Å². The molecule has 1 heterocycles. The predicted octanol–water partition coefficient (Wildman–Crippen LogP) is 3.57. The first-order valence-corrected chi connectivity index (χ1v) is 7.39. The number of ether oxygens (including phenoxy) is 1. The Morgan fingerprint density at radius 2 is 1.95 bits per heavy atom. The van der Waals surface area contributed by atoms with E-state index in [9.17, 15) is 0 Å². The van der Waals surface area contributed by atoms with Crippen molar-refractivity contribution >= 4 is 0 Å². The van der Waals surface area contributed by atoms with E-state index < -0.39 is 0 Å². The van der Waals surface area contributed by atoms with Crippen LogP contribution in [0.2, 0.25) is 0 Å². The monoisotopic (exact) mass is 262 g/mol. The Morgan fingerprint density at radius 1 is 1.26 bits per heavy atom. The minimum Gasteiger partial charge on any atom is -0.474 e. The Bertz CT molecular complexity index is 397. The maximum Gasteiger partial charge on any atom is 0.218 e. The van der Waals surface area contributed by atoms with Gasteiger partial charge in [0.25, 0.3) is 0 Å². The van der Waals surface area contributed by atoms with E-state index in [2.05, 4.69) is 37.1 Å². The lowest BCUT2D eigenvalue weighted by molar-refractivity contribution is 0.0952. The summed E-state index contributed by atoms with van der Waals surface area (Å²) in [5.74, 6) is 2.31. The molecular formula is C16H26N2O. The third kappa shape index (κ3) is 3.69. The van der Waals surface area contributed by atoms with E-state index in [1.165, 1.54) is 6.42 Å². The Kier molecular flexibility index (Phi) is 4.81. The highest BCUT2D eigenvalue weighted by Crippen LogP contribution is 2.32. The van der Waals surface area contributed by atoms with Gasteiger partial charge in [0, 0.05) is 17.8 Å². The smallest absolute Gasteiger partial charge is 0.218 e. The Balaban J connectivity index is 2.10. The molecule has 2 rings (SSSR count). The van der Waals surface area contributed by atoms with E-state index in [-0.39, 0.29) is 6.04 Å². The molecule has 1 N–H and O–H groups in total. The lowest BCUT2D eigenvalue weighted by atomic mass is 9.82. The molecule has 1 aromatic heterocycles. The van der Waals surface area contributed by atoms with Crippen molar-refractivity contribution in [3.8, 4) is 5.88 Å². The molecule has 0 radical (unpaired) electrons. The number of aromatic nitrogens is 1. The Labute approximate surface area is 116 Å². The number of rotatable bonds is 4. The van der Waals surface area contributed by atoms with Crippen molar-refractivity contribution < 1.29 is 4.74 Å². The van der Waals surface area contributed by atoms with Gasteiger partial charge in [0.1, 0.15) is 6.10 Å². The highest BCUT2D eigenvalue weighted by molar-refractivity contribution is 5.28. The topological polar surface area (TPSA) is 34.2 Å². The number of nitrogens with one attached hydrogen (secondary N) is 1. The third-order valence-electron chi connectivity index (χ3n) is 4.11. The van der Waals surface area contributed by atoms with E-state index in [0.29, 0.717) is 6.10 Å². The first-order chi connectivity index (χ1) is 9.10. The Morgan fingerprint density at radius 3 is 2.58 bits per heavy atom. The van der Waals surface area contributed by atoms with Crippen molar-refractivity contribution in [2.45, 2.75) is 52.2 Å². The summed E-state index contributed by atoms with van der Waals surface area (Å²) in [6.45, 7) is 6.78. The SMILES string of the molecule is CNC(C)c1cccnc1OC1CC(C)CC(C)C1. The summed E-state index contributed by atoms with van der Waals surface area (Å²) in [6, 6.07) is 4.34. The first-order valence-electron chi connectivity index (χ1n) is 7.39. The van der Waals surface area contributed by atoms with Gasteiger partial charge < -0.3 is 10.1 Å². The van der Waals surface area contributed by atoms with Gasteiger partial charge in [0.15, 0.2) is 0 Å². The van der Waals surface area contributed by atoms with Crippen LogP contribution in [0, 0.1) is 11.8 Å². The number of nitrogens with zero attached hydrogens (tertiary/aromatic N) is 1. The van der Waals surface area contributed by atoms with Gasteiger partial charge in [-0.2, -0.15) is 0 Å². The fourth-order valence-electron chi connectivity index (χ4n) is 3.11. The van der Waals surface area contributed by atoms with Gasteiger partial charge >= 0.3 is 0 Å². The molecule has 0 aliphatic heterocycles. The van der Waals surface area contributed by atoms with Gasteiger partial charge in [-0.15, -0.1) is 0 Å². The second-order valence-electron chi connectivity index (χ2n) is 6.07. The number of pyridine rings is 1. The van der Waals surface area contributed by atoms with E-state index in [1.807, 2.05) is 19.3 Å². The van der Waals surface area contributed by atoms with Gasteiger partial charge in [0.2, 0.25) is 5.88 Å². The van der Waals surface area contributed by atoms with E-state index in [0.717, 1.165) is 36.1 Å². The third-order valence-corrected chi connectivity index (χ3v) is 4.11. The molecule has 3 nitrogen and oxygen atoms in total. The lowest BCUT2D eigenvalue weighted by Crippen LogP contribution is -2.29. The molecule has 19 heavy (non-hydrogen) atoms. The molecule has 1 saturated carbocycles.